The molecule has 6 nitrogen and oxygen atoms in total. The summed E-state index contributed by atoms with van der Waals surface area (Å²) in [6, 6.07) is 3.91. The van der Waals surface area contributed by atoms with Gasteiger partial charge in [-0.15, -0.1) is 12.4 Å². The Bertz CT molecular complexity index is 758. The Hall–Kier alpha value is -2.08. The van der Waals surface area contributed by atoms with Gasteiger partial charge in [-0.1, -0.05) is 0 Å². The first-order valence-corrected chi connectivity index (χ1v) is 7.03. The van der Waals surface area contributed by atoms with E-state index in [1.54, 1.807) is 11.1 Å². The summed E-state index contributed by atoms with van der Waals surface area (Å²) in [7, 11) is 0. The van der Waals surface area contributed by atoms with Gasteiger partial charge in [0.25, 0.3) is 5.91 Å². The molecule has 2 aliphatic heterocycles. The number of carbonyl (C=O) groups is 2. The number of hydrogen-bond donors (Lipinski definition) is 0. The lowest BCUT2D eigenvalue weighted by Crippen LogP contribution is -2.31. The van der Waals surface area contributed by atoms with Crippen molar-refractivity contribution in [1.82, 2.24) is 14.3 Å². The third-order valence-corrected chi connectivity index (χ3v) is 4.31. The molecule has 22 heavy (non-hydrogen) atoms. The minimum absolute atomic E-state index is 0. The zero-order valence-electron chi connectivity index (χ0n) is 12.1. The van der Waals surface area contributed by atoms with Crippen molar-refractivity contribution in [3.63, 3.8) is 0 Å². The zero-order valence-corrected chi connectivity index (χ0v) is 12.9. The van der Waals surface area contributed by atoms with Crippen LogP contribution in [0, 0.1) is 18.8 Å². The third-order valence-electron chi connectivity index (χ3n) is 4.31. The van der Waals surface area contributed by atoms with Crippen LogP contribution in [0.1, 0.15) is 16.1 Å². The molecule has 0 radical (unpaired) electrons. The number of hydrogen-bond acceptors (Lipinski definition) is 4. The molecule has 2 atom stereocenters. The second-order valence-electron chi connectivity index (χ2n) is 5.80. The number of likely N-dealkylation sites (tertiary alicyclic amines) is 1. The summed E-state index contributed by atoms with van der Waals surface area (Å²) in [4.78, 5) is 30.2. The van der Waals surface area contributed by atoms with E-state index in [1.165, 1.54) is 0 Å². The molecule has 4 rings (SSSR count). The van der Waals surface area contributed by atoms with Crippen molar-refractivity contribution in [1.29, 1.82) is 0 Å². The van der Waals surface area contributed by atoms with E-state index in [2.05, 4.69) is 4.98 Å². The number of nitrogens with zero attached hydrogens (tertiary/aromatic N) is 3. The van der Waals surface area contributed by atoms with Gasteiger partial charge in [0.05, 0.1) is 12.5 Å². The predicted octanol–water partition coefficient (Wildman–Crippen LogP) is 1.31. The number of rotatable bonds is 1. The zero-order chi connectivity index (χ0) is 14.6. The summed E-state index contributed by atoms with van der Waals surface area (Å²) in [6.45, 7) is 3.43. The number of aromatic nitrogens is 2. The van der Waals surface area contributed by atoms with Gasteiger partial charge in [-0.2, -0.15) is 0 Å². The first-order chi connectivity index (χ1) is 10.1. The van der Waals surface area contributed by atoms with E-state index in [4.69, 9.17) is 4.74 Å². The molecule has 2 saturated heterocycles. The molecule has 4 heterocycles. The number of carbonyl (C=O) groups excluding carboxylic acids is 2. The largest absolute Gasteiger partial charge is 0.465 e. The second kappa shape index (κ2) is 5.28. The molecule has 2 fully saturated rings. The topological polar surface area (TPSA) is 63.9 Å². The maximum Gasteiger partial charge on any atom is 0.311 e. The van der Waals surface area contributed by atoms with Crippen LogP contribution in [0.15, 0.2) is 24.5 Å². The molecule has 0 spiro atoms. The molecule has 2 aliphatic rings. The molecule has 1 amide bonds. The Kier molecular flexibility index (Phi) is 3.56. The van der Waals surface area contributed by atoms with E-state index in [0.29, 0.717) is 25.4 Å². The van der Waals surface area contributed by atoms with E-state index in [0.717, 1.165) is 11.2 Å². The summed E-state index contributed by atoms with van der Waals surface area (Å²) in [6.07, 6.45) is 3.63. The van der Waals surface area contributed by atoms with Gasteiger partial charge in [0.2, 0.25) is 0 Å². The van der Waals surface area contributed by atoms with E-state index in [1.807, 2.05) is 29.7 Å². The van der Waals surface area contributed by atoms with Crippen LogP contribution in [0.3, 0.4) is 0 Å². The molecule has 2 aromatic heterocycles. The minimum Gasteiger partial charge on any atom is -0.465 e. The van der Waals surface area contributed by atoms with Crippen molar-refractivity contribution in [2.75, 3.05) is 19.7 Å². The maximum absolute atomic E-state index is 12.5. The molecular formula is C15H16ClN3O3. The summed E-state index contributed by atoms with van der Waals surface area (Å²) in [5.74, 6) is -0.312. The van der Waals surface area contributed by atoms with Crippen LogP contribution >= 0.6 is 12.4 Å². The Morgan fingerprint density at radius 3 is 3.00 bits per heavy atom. The molecule has 116 valence electrons. The minimum atomic E-state index is -0.180. The number of pyridine rings is 1. The van der Waals surface area contributed by atoms with Crippen LogP contribution in [0.5, 0.6) is 0 Å². The first kappa shape index (κ1) is 14.8. The summed E-state index contributed by atoms with van der Waals surface area (Å²) in [5.41, 5.74) is 2.29. The van der Waals surface area contributed by atoms with E-state index >= 15 is 0 Å². The van der Waals surface area contributed by atoms with Gasteiger partial charge in [-0.25, -0.2) is 4.98 Å². The fraction of sp³-hybridized carbons (Fsp3) is 0.400. The molecule has 2 aromatic rings. The highest BCUT2D eigenvalue weighted by atomic mass is 35.5. The molecule has 0 bridgehead atoms. The van der Waals surface area contributed by atoms with E-state index < -0.39 is 0 Å². The standard InChI is InChI=1S/C15H15N3O3.ClH/c1-9-2-3-17-7-12(16-13(17)4-9)14(19)18-5-10-8-21-15(20)11(10)6-18;/h2-4,7,10-11H,5-6,8H2,1H3;1H/t10-,11-;/m1./s1. The van der Waals surface area contributed by atoms with E-state index in [9.17, 15) is 9.59 Å². The monoisotopic (exact) mass is 321 g/mol. The van der Waals surface area contributed by atoms with Crippen LogP contribution in [0.25, 0.3) is 5.65 Å². The third kappa shape index (κ3) is 2.23. The van der Waals surface area contributed by atoms with Crippen molar-refractivity contribution in [2.24, 2.45) is 11.8 Å². The number of imidazole rings is 1. The molecule has 0 aliphatic carbocycles. The van der Waals surface area contributed by atoms with Crippen LogP contribution in [-0.2, 0) is 9.53 Å². The molecule has 0 aromatic carbocycles. The Morgan fingerprint density at radius 1 is 1.41 bits per heavy atom. The highest BCUT2D eigenvalue weighted by molar-refractivity contribution is 5.93. The lowest BCUT2D eigenvalue weighted by molar-refractivity contribution is -0.141. The molecule has 7 heteroatoms. The fourth-order valence-corrected chi connectivity index (χ4v) is 3.12. The van der Waals surface area contributed by atoms with Crippen LogP contribution in [0.4, 0.5) is 0 Å². The number of cyclic esters (lactones) is 1. The smallest absolute Gasteiger partial charge is 0.311 e. The number of amides is 1. The normalized spacial score (nSPS) is 23.3. The highest BCUT2D eigenvalue weighted by Gasteiger charge is 2.45. The molecular weight excluding hydrogens is 306 g/mol. The van der Waals surface area contributed by atoms with Gasteiger partial charge in [-0.3, -0.25) is 9.59 Å². The van der Waals surface area contributed by atoms with Gasteiger partial charge < -0.3 is 14.0 Å². The van der Waals surface area contributed by atoms with E-state index in [-0.39, 0.29) is 36.1 Å². The predicted molar refractivity (Wildman–Crippen MR) is 81.0 cm³/mol. The summed E-state index contributed by atoms with van der Waals surface area (Å²) >= 11 is 0. The summed E-state index contributed by atoms with van der Waals surface area (Å²) in [5, 5.41) is 0. The van der Waals surface area contributed by atoms with Gasteiger partial charge in [0, 0.05) is 31.4 Å². The second-order valence-corrected chi connectivity index (χ2v) is 5.80. The Balaban J connectivity index is 0.00000144. The summed E-state index contributed by atoms with van der Waals surface area (Å²) < 4.78 is 6.86. The Labute approximate surface area is 133 Å². The highest BCUT2D eigenvalue weighted by Crippen LogP contribution is 2.31. The van der Waals surface area contributed by atoms with Gasteiger partial charge >= 0.3 is 5.97 Å². The first-order valence-electron chi connectivity index (χ1n) is 7.03. The van der Waals surface area contributed by atoms with Crippen molar-refractivity contribution >= 4 is 29.9 Å². The van der Waals surface area contributed by atoms with Crippen molar-refractivity contribution in [3.05, 3.63) is 35.8 Å². The number of aryl methyl sites for hydroxylation is 1. The average molecular weight is 322 g/mol. The lowest BCUT2D eigenvalue weighted by atomic mass is 10.0. The SMILES string of the molecule is Cc1ccn2cc(C(=O)N3C[C@@H]4COC(=O)[C@@H]4C3)nc2c1.Cl. The number of halogens is 1. The van der Waals surface area contributed by atoms with Gasteiger partial charge in [0.15, 0.2) is 0 Å². The number of fused-ring (bicyclic) bond motifs is 2. The number of ether oxygens (including phenoxy) is 1. The van der Waals surface area contributed by atoms with Crippen LogP contribution in [0.2, 0.25) is 0 Å². The quantitative estimate of drug-likeness (QED) is 0.743. The van der Waals surface area contributed by atoms with Gasteiger partial charge in [0.1, 0.15) is 11.3 Å². The lowest BCUT2D eigenvalue weighted by Gasteiger charge is -2.15. The molecule has 0 N–H and O–H groups in total. The Morgan fingerprint density at radius 2 is 2.23 bits per heavy atom. The van der Waals surface area contributed by atoms with Crippen LogP contribution < -0.4 is 0 Å². The molecule has 0 unspecified atom stereocenters. The average Bonchev–Trinajstić information content (AvgIpc) is 3.13. The van der Waals surface area contributed by atoms with Crippen molar-refractivity contribution < 1.29 is 14.3 Å². The van der Waals surface area contributed by atoms with Crippen LogP contribution in [-0.4, -0.2) is 45.9 Å². The maximum atomic E-state index is 12.5. The molecule has 0 saturated carbocycles. The fourth-order valence-electron chi connectivity index (χ4n) is 3.12. The van der Waals surface area contributed by atoms with Crippen molar-refractivity contribution in [3.8, 4) is 0 Å². The van der Waals surface area contributed by atoms with Gasteiger partial charge in [-0.05, 0) is 24.6 Å². The van der Waals surface area contributed by atoms with Crippen molar-refractivity contribution in [2.45, 2.75) is 6.92 Å². The number of esters is 1.